The molecule has 0 radical (unpaired) electrons. The summed E-state index contributed by atoms with van der Waals surface area (Å²) in [5, 5.41) is 12.1. The molecule has 0 saturated carbocycles. The van der Waals surface area contributed by atoms with Crippen LogP contribution >= 0.6 is 8.53 Å². The molecule has 5 atom stereocenters. The van der Waals surface area contributed by atoms with Crippen molar-refractivity contribution in [2.24, 2.45) is 5.92 Å². The Balaban J connectivity index is 1.37. The number of aromatic amines is 1. The number of anilines is 1. The van der Waals surface area contributed by atoms with Crippen LogP contribution in [0, 0.1) is 17.2 Å². The molecule has 1 saturated heterocycles. The van der Waals surface area contributed by atoms with Crippen LogP contribution in [-0.4, -0.2) is 120 Å². The van der Waals surface area contributed by atoms with Gasteiger partial charge in [0.1, 0.15) is 48.0 Å². The number of nitrogens with one attached hydrogen (secondary N) is 2. The van der Waals surface area contributed by atoms with Crippen LogP contribution in [0.25, 0.3) is 11.2 Å². The maximum Gasteiger partial charge on any atom is 0.402 e. The van der Waals surface area contributed by atoms with E-state index in [9.17, 15) is 41.2 Å². The molecule has 3 heterocycles. The predicted octanol–water partition coefficient (Wildman–Crippen LogP) is 9.82. The lowest BCUT2D eigenvalue weighted by Crippen LogP contribution is -2.43. The van der Waals surface area contributed by atoms with Crippen molar-refractivity contribution in [3.05, 3.63) is 143 Å². The number of carbonyl (C=O) groups is 1. The second-order valence-corrected chi connectivity index (χ2v) is 19.5. The van der Waals surface area contributed by atoms with Crippen LogP contribution in [0.15, 0.2) is 120 Å². The molecule has 18 nitrogen and oxygen atoms in total. The number of H-pyrrole nitrogens is 1. The molecule has 25 heteroatoms. The predicted molar refractivity (Wildman–Crippen MR) is 272 cm³/mol. The highest BCUT2D eigenvalue weighted by Crippen LogP contribution is 2.52. The quantitative estimate of drug-likeness (QED) is 0.0171. The van der Waals surface area contributed by atoms with Crippen LogP contribution in [-0.2, 0) is 38.4 Å². The fourth-order valence-corrected chi connectivity index (χ4v) is 10.5. The molecule has 2 N–H and O–H groups in total. The maximum absolute atomic E-state index is 13.8. The average Bonchev–Trinajstić information content (AvgIpc) is 4.11. The third kappa shape index (κ3) is 14.1. The van der Waals surface area contributed by atoms with E-state index in [-0.39, 0.29) is 42.2 Å². The standard InChI is InChI=1S/C53H58F6N7O11P/c1-33(2)66(34(3)4)78(75-27-13-26-60)77-45-41(28-74-51(35-14-9-7-10-15-35,36-18-22-38(69-5)23-19-36)37-20-24-39(70-6)25-21-37)76-49(46(45)73-32-71-29-42(52(54,55)56)53(57,58)59)65-31-61-44-47(65)63-50(64-48(44)68)62-43(67)30-72-40-16-11-8-12-17-40/h7-12,14-25,31,33-34,41-42,45-46,49H,13,27-30,32H2,1-6H3,(H2,62,63,64,67,68)/t41-,45?,46?,49-,78?/m1/s1. The van der Waals surface area contributed by atoms with Gasteiger partial charge in [-0.25, -0.2) is 9.65 Å². The van der Waals surface area contributed by atoms with Gasteiger partial charge in [0.05, 0.1) is 52.9 Å². The highest BCUT2D eigenvalue weighted by Gasteiger charge is 2.57. The smallest absolute Gasteiger partial charge is 0.402 e. The molecule has 4 aromatic carbocycles. The van der Waals surface area contributed by atoms with Gasteiger partial charge in [0, 0.05) is 12.1 Å². The second-order valence-electron chi connectivity index (χ2n) is 18.1. The number of ether oxygens (including phenoxy) is 7. The van der Waals surface area contributed by atoms with Gasteiger partial charge in [0.25, 0.3) is 20.0 Å². The minimum Gasteiger partial charge on any atom is -0.497 e. The van der Waals surface area contributed by atoms with E-state index in [1.807, 2.05) is 93.0 Å². The number of hydrogen-bond donors (Lipinski definition) is 2. The molecule has 0 aliphatic carbocycles. The van der Waals surface area contributed by atoms with Gasteiger partial charge < -0.3 is 42.2 Å². The Labute approximate surface area is 446 Å². The van der Waals surface area contributed by atoms with Crippen molar-refractivity contribution in [2.45, 2.75) is 88.7 Å². The number of imidazole rings is 1. The molecule has 7 rings (SSSR count). The monoisotopic (exact) mass is 1110 g/mol. The van der Waals surface area contributed by atoms with E-state index >= 15 is 0 Å². The number of rotatable bonds is 26. The Kier molecular flexibility index (Phi) is 19.9. The van der Waals surface area contributed by atoms with Crippen LogP contribution in [0.4, 0.5) is 32.3 Å². The molecule has 1 aliphatic heterocycles. The Hall–Kier alpha value is -6.68. The number of halogens is 6. The van der Waals surface area contributed by atoms with Gasteiger partial charge in [-0.1, -0.05) is 72.8 Å². The van der Waals surface area contributed by atoms with Crippen molar-refractivity contribution in [3.63, 3.8) is 0 Å². The van der Waals surface area contributed by atoms with Crippen molar-refractivity contribution >= 4 is 31.5 Å². The molecule has 6 aromatic rings. The molecule has 0 spiro atoms. The Morgan fingerprint density at radius 1 is 0.833 bits per heavy atom. The third-order valence-corrected chi connectivity index (χ3v) is 14.4. The number of fused-ring (bicyclic) bond motifs is 1. The minimum atomic E-state index is -5.73. The number of amides is 1. The largest absolute Gasteiger partial charge is 0.497 e. The number of carbonyl (C=O) groups excluding carboxylic acids is 1. The summed E-state index contributed by atoms with van der Waals surface area (Å²) < 4.78 is 141. The first-order valence-corrected chi connectivity index (χ1v) is 25.6. The van der Waals surface area contributed by atoms with Crippen LogP contribution in [0.3, 0.4) is 0 Å². The number of hydrogen-bond acceptors (Lipinski definition) is 15. The highest BCUT2D eigenvalue weighted by atomic mass is 31.2. The molecule has 1 aliphatic rings. The topological polar surface area (TPSA) is 203 Å². The number of aromatic nitrogens is 4. The van der Waals surface area contributed by atoms with Crippen LogP contribution < -0.4 is 25.1 Å². The number of nitrogens with zero attached hydrogens (tertiary/aromatic N) is 5. The van der Waals surface area contributed by atoms with Gasteiger partial charge in [-0.3, -0.25) is 24.5 Å². The normalized spacial score (nSPS) is 17.5. The van der Waals surface area contributed by atoms with E-state index in [0.717, 1.165) is 6.33 Å². The lowest BCUT2D eigenvalue weighted by atomic mass is 9.80. The van der Waals surface area contributed by atoms with Crippen LogP contribution in [0.5, 0.6) is 17.2 Å². The number of nitriles is 1. The fourth-order valence-electron chi connectivity index (χ4n) is 8.72. The number of para-hydroxylation sites is 1. The van der Waals surface area contributed by atoms with Crippen molar-refractivity contribution < 1.29 is 73.3 Å². The maximum atomic E-state index is 13.8. The van der Waals surface area contributed by atoms with Crippen molar-refractivity contribution in [2.75, 3.05) is 52.8 Å². The van der Waals surface area contributed by atoms with E-state index in [4.69, 9.17) is 42.2 Å². The zero-order chi connectivity index (χ0) is 56.2. The van der Waals surface area contributed by atoms with Gasteiger partial charge in [0.15, 0.2) is 29.9 Å². The second kappa shape index (κ2) is 26.3. The minimum absolute atomic E-state index is 0.0578. The summed E-state index contributed by atoms with van der Waals surface area (Å²) in [4.78, 5) is 38.1. The van der Waals surface area contributed by atoms with E-state index in [1.165, 1.54) is 18.8 Å². The van der Waals surface area contributed by atoms with Crippen molar-refractivity contribution in [3.8, 4) is 23.3 Å². The molecule has 2 aromatic heterocycles. The SMILES string of the molecule is COc1ccc(C(OC[C@H]2O[C@@H](n3cnc4c(=O)[nH]c(NC(=O)COc5ccccc5)nc43)C(OCOCC(C(F)(F)F)C(F)(F)F)C2OP(OCCC#N)N(C(C)C)C(C)C)(c2ccccc2)c2ccc(OC)cc2)cc1. The Morgan fingerprint density at radius 2 is 1.41 bits per heavy atom. The van der Waals surface area contributed by atoms with Gasteiger partial charge in [-0.05, 0) is 80.8 Å². The summed E-state index contributed by atoms with van der Waals surface area (Å²) in [6, 6.07) is 33.4. The summed E-state index contributed by atoms with van der Waals surface area (Å²) in [6.07, 6.45) is -16.2. The summed E-state index contributed by atoms with van der Waals surface area (Å²) in [6.45, 7) is 3.45. The molecule has 78 heavy (non-hydrogen) atoms. The number of alkyl halides is 6. The lowest BCUT2D eigenvalue weighted by Gasteiger charge is -2.39. The summed E-state index contributed by atoms with van der Waals surface area (Å²) in [7, 11) is 0.818. The molecule has 0 bridgehead atoms. The van der Waals surface area contributed by atoms with Crippen LogP contribution in [0.1, 0.15) is 57.0 Å². The van der Waals surface area contributed by atoms with E-state index in [0.29, 0.717) is 33.9 Å². The van der Waals surface area contributed by atoms with E-state index < -0.39 is 95.0 Å². The van der Waals surface area contributed by atoms with E-state index in [2.05, 4.69) is 20.3 Å². The van der Waals surface area contributed by atoms with Crippen molar-refractivity contribution in [1.29, 1.82) is 5.26 Å². The molecule has 1 amide bonds. The molecular weight excluding hydrogens is 1060 g/mol. The highest BCUT2D eigenvalue weighted by molar-refractivity contribution is 7.44. The summed E-state index contributed by atoms with van der Waals surface area (Å²) >= 11 is 0. The molecule has 3 unspecified atom stereocenters. The lowest BCUT2D eigenvalue weighted by molar-refractivity contribution is -0.299. The van der Waals surface area contributed by atoms with E-state index in [1.54, 1.807) is 54.6 Å². The molecule has 1 fully saturated rings. The zero-order valence-electron chi connectivity index (χ0n) is 43.2. The first kappa shape index (κ1) is 59.0. The van der Waals surface area contributed by atoms with Gasteiger partial charge in [0.2, 0.25) is 5.95 Å². The average molecular weight is 1110 g/mol. The van der Waals surface area contributed by atoms with Gasteiger partial charge in [-0.15, -0.1) is 0 Å². The third-order valence-electron chi connectivity index (χ3n) is 12.3. The summed E-state index contributed by atoms with van der Waals surface area (Å²) in [5.74, 6) is -3.47. The van der Waals surface area contributed by atoms with Crippen LogP contribution in [0.2, 0.25) is 0 Å². The van der Waals surface area contributed by atoms with Gasteiger partial charge in [-0.2, -0.15) is 36.6 Å². The first-order valence-electron chi connectivity index (χ1n) is 24.4. The molecular formula is C53H58F6N7O11P. The van der Waals surface area contributed by atoms with Crippen molar-refractivity contribution in [1.82, 2.24) is 24.2 Å². The number of benzene rings is 4. The Morgan fingerprint density at radius 3 is 1.96 bits per heavy atom. The summed E-state index contributed by atoms with van der Waals surface area (Å²) in [5.41, 5.74) is -0.925. The Bertz CT molecular complexity index is 2900. The molecule has 418 valence electrons. The number of methoxy groups -OCH3 is 2. The zero-order valence-corrected chi connectivity index (χ0v) is 44.1. The fraction of sp³-hybridized carbons (Fsp3) is 0.415. The first-order chi connectivity index (χ1) is 37.3. The van der Waals surface area contributed by atoms with Gasteiger partial charge >= 0.3 is 12.4 Å².